The molecule has 1 fully saturated rings. The van der Waals surface area contributed by atoms with Gasteiger partial charge in [-0.1, -0.05) is 56.7 Å². The highest BCUT2D eigenvalue weighted by Gasteiger charge is 2.71. The van der Waals surface area contributed by atoms with Gasteiger partial charge in [-0.3, -0.25) is 9.69 Å². The van der Waals surface area contributed by atoms with E-state index in [9.17, 15) is 41.0 Å². The number of urea groups is 1. The van der Waals surface area contributed by atoms with Crippen LogP contribution in [-0.4, -0.2) is 66.2 Å². The molecule has 2 atom stereocenters. The SMILES string of the molecule is CCCc1cc(C(O)(C(F)(F)F)C(F)(F)F)cc(Cc2ccccc2)c1OCCCCN1C(=O)NC(CC)(C2C=CC3=C(C2)OCCO3)C1=O. The lowest BCUT2D eigenvalue weighted by Gasteiger charge is -2.36. The van der Waals surface area contributed by atoms with E-state index in [2.05, 4.69) is 5.32 Å². The predicted molar refractivity (Wildman–Crippen MR) is 170 cm³/mol. The molecule has 1 saturated heterocycles. The summed E-state index contributed by atoms with van der Waals surface area (Å²) in [4.78, 5) is 27.9. The fraction of sp³-hybridized carbons (Fsp3) is 0.500. The van der Waals surface area contributed by atoms with Crippen molar-refractivity contribution in [1.82, 2.24) is 10.2 Å². The number of nitrogens with one attached hydrogen (secondary N) is 1. The standard InChI is InChI=1S/C36H40F6N2O6/c1-3-10-24-20-27(34(47,35(37,38)39)36(40,41)42)21-25(19-23-11-6-5-7-12-23)30(24)50-16-9-8-15-44-31(45)33(4-2,43-32(44)46)26-13-14-28-29(22-26)49-18-17-48-28/h5-7,11-14,20-21,26,47H,3-4,8-10,15-19,22H2,1-2H3,(H,43,46). The Morgan fingerprint density at radius 1 is 0.980 bits per heavy atom. The topological polar surface area (TPSA) is 97.3 Å². The number of aliphatic hydroxyl groups is 1. The lowest BCUT2D eigenvalue weighted by atomic mass is 9.77. The van der Waals surface area contributed by atoms with Crippen molar-refractivity contribution in [1.29, 1.82) is 0 Å². The van der Waals surface area contributed by atoms with E-state index < -0.39 is 35.1 Å². The third-order valence-corrected chi connectivity index (χ3v) is 9.43. The minimum absolute atomic E-state index is 0.00284. The summed E-state index contributed by atoms with van der Waals surface area (Å²) in [6.07, 6.45) is -6.70. The van der Waals surface area contributed by atoms with Gasteiger partial charge in [0.1, 0.15) is 30.3 Å². The average Bonchev–Trinajstić information content (AvgIpc) is 3.33. The molecular formula is C36H40F6N2O6. The summed E-state index contributed by atoms with van der Waals surface area (Å²) < 4.78 is 101. The maximum atomic E-state index is 13.9. The quantitative estimate of drug-likeness (QED) is 0.129. The highest BCUT2D eigenvalue weighted by atomic mass is 19.4. The molecule has 1 aliphatic carbocycles. The van der Waals surface area contributed by atoms with E-state index in [-0.39, 0.29) is 54.7 Å². The third kappa shape index (κ3) is 7.03. The molecule has 0 saturated carbocycles. The van der Waals surface area contributed by atoms with Crippen LogP contribution in [0.4, 0.5) is 31.1 Å². The number of carbonyl (C=O) groups is 2. The Morgan fingerprint density at radius 3 is 2.32 bits per heavy atom. The number of nitrogens with zero attached hydrogens (tertiary/aromatic N) is 1. The van der Waals surface area contributed by atoms with Crippen LogP contribution in [0, 0.1) is 5.92 Å². The molecule has 2 aromatic carbocycles. The maximum Gasteiger partial charge on any atom is 0.430 e. The molecule has 5 rings (SSSR count). The van der Waals surface area contributed by atoms with Crippen LogP contribution in [-0.2, 0) is 32.7 Å². The van der Waals surface area contributed by atoms with Crippen molar-refractivity contribution in [3.05, 3.63) is 88.4 Å². The monoisotopic (exact) mass is 710 g/mol. The summed E-state index contributed by atoms with van der Waals surface area (Å²) in [5.74, 6) is 0.672. The number of rotatable bonds is 13. The Bertz CT molecular complexity index is 1610. The van der Waals surface area contributed by atoms with E-state index >= 15 is 0 Å². The van der Waals surface area contributed by atoms with Crippen LogP contribution in [0.25, 0.3) is 0 Å². The normalized spacial score (nSPS) is 21.1. The number of halogens is 6. The van der Waals surface area contributed by atoms with Gasteiger partial charge in [0, 0.05) is 30.9 Å². The van der Waals surface area contributed by atoms with Crippen molar-refractivity contribution in [3.63, 3.8) is 0 Å². The van der Waals surface area contributed by atoms with E-state index in [4.69, 9.17) is 14.2 Å². The number of amides is 3. The van der Waals surface area contributed by atoms with Gasteiger partial charge in [-0.25, -0.2) is 4.79 Å². The summed E-state index contributed by atoms with van der Waals surface area (Å²) in [7, 11) is 0. The zero-order chi connectivity index (χ0) is 36.3. The molecule has 50 heavy (non-hydrogen) atoms. The van der Waals surface area contributed by atoms with Gasteiger partial charge in [0.15, 0.2) is 5.76 Å². The molecule has 272 valence electrons. The van der Waals surface area contributed by atoms with Crippen molar-refractivity contribution in [2.75, 3.05) is 26.4 Å². The van der Waals surface area contributed by atoms with Gasteiger partial charge in [0.05, 0.1) is 6.61 Å². The van der Waals surface area contributed by atoms with Crippen LogP contribution in [0.1, 0.15) is 68.2 Å². The zero-order valence-corrected chi connectivity index (χ0v) is 27.8. The molecule has 3 aliphatic rings. The van der Waals surface area contributed by atoms with Crippen LogP contribution in [0.5, 0.6) is 5.75 Å². The number of allylic oxidation sites excluding steroid dienone is 2. The Morgan fingerprint density at radius 2 is 1.66 bits per heavy atom. The number of hydrogen-bond acceptors (Lipinski definition) is 6. The molecule has 2 heterocycles. The minimum Gasteiger partial charge on any atom is -0.493 e. The Balaban J connectivity index is 1.32. The molecule has 0 bridgehead atoms. The number of ether oxygens (including phenoxy) is 3. The number of hydrogen-bond donors (Lipinski definition) is 2. The van der Waals surface area contributed by atoms with Gasteiger partial charge in [0.2, 0.25) is 0 Å². The first-order valence-corrected chi connectivity index (χ1v) is 16.7. The predicted octanol–water partition coefficient (Wildman–Crippen LogP) is 7.24. The van der Waals surface area contributed by atoms with Crippen LogP contribution in [0.2, 0.25) is 0 Å². The molecule has 2 aromatic rings. The molecule has 2 N–H and O–H groups in total. The summed E-state index contributed by atoms with van der Waals surface area (Å²) in [5, 5.41) is 13.1. The molecule has 0 spiro atoms. The smallest absolute Gasteiger partial charge is 0.430 e. The molecule has 0 aromatic heterocycles. The number of aryl methyl sites for hydroxylation is 1. The second kappa shape index (κ2) is 14.6. The molecular weight excluding hydrogens is 670 g/mol. The first-order chi connectivity index (χ1) is 23.7. The van der Waals surface area contributed by atoms with Crippen molar-refractivity contribution in [3.8, 4) is 5.75 Å². The van der Waals surface area contributed by atoms with Gasteiger partial charge >= 0.3 is 18.4 Å². The highest BCUT2D eigenvalue weighted by molar-refractivity contribution is 6.07. The Kier molecular flexibility index (Phi) is 10.8. The number of unbranched alkanes of at least 4 members (excludes halogenated alkanes) is 1. The lowest BCUT2D eigenvalue weighted by molar-refractivity contribution is -0.376. The summed E-state index contributed by atoms with van der Waals surface area (Å²) >= 11 is 0. The van der Waals surface area contributed by atoms with Crippen molar-refractivity contribution in [2.45, 2.75) is 82.3 Å². The average molecular weight is 711 g/mol. The van der Waals surface area contributed by atoms with E-state index in [1.165, 1.54) is 0 Å². The third-order valence-electron chi connectivity index (χ3n) is 9.43. The summed E-state index contributed by atoms with van der Waals surface area (Å²) in [5.41, 5.74) is -6.83. The number of benzene rings is 2. The molecule has 2 unspecified atom stereocenters. The van der Waals surface area contributed by atoms with Crippen molar-refractivity contribution >= 4 is 11.9 Å². The van der Waals surface area contributed by atoms with Crippen LogP contribution < -0.4 is 10.1 Å². The molecule has 3 amide bonds. The second-order valence-electron chi connectivity index (χ2n) is 12.7. The van der Waals surface area contributed by atoms with Crippen LogP contribution in [0.3, 0.4) is 0 Å². The fourth-order valence-corrected chi connectivity index (χ4v) is 6.76. The molecule has 2 aliphatic heterocycles. The number of alkyl halides is 6. The van der Waals surface area contributed by atoms with E-state index in [0.29, 0.717) is 68.5 Å². The van der Waals surface area contributed by atoms with Crippen LogP contribution in [0.15, 0.2) is 66.1 Å². The Hall–Kier alpha value is -4.20. The zero-order valence-electron chi connectivity index (χ0n) is 27.8. The first-order valence-electron chi connectivity index (χ1n) is 16.7. The van der Waals surface area contributed by atoms with Gasteiger partial charge in [0.25, 0.3) is 11.5 Å². The van der Waals surface area contributed by atoms with Crippen molar-refractivity contribution < 1.29 is 55.2 Å². The second-order valence-corrected chi connectivity index (χ2v) is 12.7. The van der Waals surface area contributed by atoms with E-state index in [0.717, 1.165) is 11.0 Å². The Labute approximate surface area is 286 Å². The van der Waals surface area contributed by atoms with Crippen molar-refractivity contribution in [2.24, 2.45) is 5.92 Å². The molecule has 14 heteroatoms. The minimum atomic E-state index is -6.04. The van der Waals surface area contributed by atoms with E-state index in [1.54, 1.807) is 43.3 Å². The molecule has 8 nitrogen and oxygen atoms in total. The van der Waals surface area contributed by atoms with Crippen LogP contribution >= 0.6 is 0 Å². The van der Waals surface area contributed by atoms with Gasteiger partial charge < -0.3 is 24.6 Å². The number of imide groups is 1. The van der Waals surface area contributed by atoms with E-state index in [1.807, 2.05) is 13.0 Å². The molecule has 0 radical (unpaired) electrons. The largest absolute Gasteiger partial charge is 0.493 e. The summed E-state index contributed by atoms with van der Waals surface area (Å²) in [6.45, 7) is 4.44. The summed E-state index contributed by atoms with van der Waals surface area (Å²) in [6, 6.07) is 9.36. The highest BCUT2D eigenvalue weighted by Crippen LogP contribution is 2.51. The van der Waals surface area contributed by atoms with Gasteiger partial charge in [-0.2, -0.15) is 26.3 Å². The van der Waals surface area contributed by atoms with Gasteiger partial charge in [-0.15, -0.1) is 0 Å². The fourth-order valence-electron chi connectivity index (χ4n) is 6.76. The lowest BCUT2D eigenvalue weighted by Crippen LogP contribution is -2.54. The first kappa shape index (κ1) is 37.1. The number of carbonyl (C=O) groups excluding carboxylic acids is 2. The maximum absolute atomic E-state index is 13.9. The van der Waals surface area contributed by atoms with Gasteiger partial charge in [-0.05, 0) is 60.6 Å².